The van der Waals surface area contributed by atoms with Gasteiger partial charge in [0.2, 0.25) is 0 Å². The SMILES string of the molecule is CCOc1ccc(N2C(=O)c3cccnc3C2Nc2cc(C)c(Cl)cc2OC)cc1. The van der Waals surface area contributed by atoms with Crippen LogP contribution in [0.15, 0.2) is 54.7 Å². The number of fused-ring (bicyclic) bond motifs is 1. The van der Waals surface area contributed by atoms with E-state index < -0.39 is 6.17 Å². The molecule has 1 aliphatic rings. The zero-order valence-corrected chi connectivity index (χ0v) is 17.7. The molecular weight excluding hydrogens is 402 g/mol. The highest BCUT2D eigenvalue weighted by Gasteiger charge is 2.39. The van der Waals surface area contributed by atoms with Crippen molar-refractivity contribution in [1.82, 2.24) is 4.98 Å². The normalized spacial score (nSPS) is 15.1. The van der Waals surface area contributed by atoms with Gasteiger partial charge in [0.05, 0.1) is 30.7 Å². The molecule has 1 N–H and O–H groups in total. The molecule has 0 saturated heterocycles. The van der Waals surface area contributed by atoms with Gasteiger partial charge in [-0.3, -0.25) is 14.7 Å². The summed E-state index contributed by atoms with van der Waals surface area (Å²) in [4.78, 5) is 19.4. The van der Waals surface area contributed by atoms with Crippen molar-refractivity contribution in [2.45, 2.75) is 20.0 Å². The summed E-state index contributed by atoms with van der Waals surface area (Å²) in [5.41, 5.74) is 3.59. The zero-order valence-electron chi connectivity index (χ0n) is 17.0. The first-order valence-electron chi connectivity index (χ1n) is 9.65. The topological polar surface area (TPSA) is 63.7 Å². The average molecular weight is 424 g/mol. The second-order valence-corrected chi connectivity index (χ2v) is 7.29. The highest BCUT2D eigenvalue weighted by Crippen LogP contribution is 2.40. The highest BCUT2D eigenvalue weighted by atomic mass is 35.5. The molecular formula is C23H22ClN3O3. The third-order valence-electron chi connectivity index (χ3n) is 5.00. The Balaban J connectivity index is 1.76. The lowest BCUT2D eigenvalue weighted by atomic mass is 10.1. The molecule has 0 bridgehead atoms. The summed E-state index contributed by atoms with van der Waals surface area (Å²) in [7, 11) is 1.59. The molecule has 3 aromatic rings. The predicted octanol–water partition coefficient (Wildman–Crippen LogP) is 5.22. The van der Waals surface area contributed by atoms with Gasteiger partial charge in [-0.15, -0.1) is 0 Å². The number of amides is 1. The van der Waals surface area contributed by atoms with Crippen LogP contribution in [-0.4, -0.2) is 24.6 Å². The standard InChI is InChI=1S/C23H22ClN3O3/c1-4-30-16-9-7-15(8-10-16)27-22(21-17(23(27)28)6-5-11-25-21)26-19-12-14(2)18(24)13-20(19)29-3/h5-13,22,26H,4H2,1-3H3. The molecule has 1 unspecified atom stereocenters. The molecule has 0 saturated carbocycles. The largest absolute Gasteiger partial charge is 0.495 e. The first-order valence-corrected chi connectivity index (χ1v) is 10.0. The molecule has 1 atom stereocenters. The van der Waals surface area contributed by atoms with Crippen LogP contribution in [0.3, 0.4) is 0 Å². The smallest absolute Gasteiger partial charge is 0.262 e. The second-order valence-electron chi connectivity index (χ2n) is 6.89. The summed E-state index contributed by atoms with van der Waals surface area (Å²) in [5.74, 6) is 1.22. The van der Waals surface area contributed by atoms with E-state index in [0.717, 1.165) is 22.7 Å². The maximum absolute atomic E-state index is 13.2. The van der Waals surface area contributed by atoms with Gasteiger partial charge >= 0.3 is 0 Å². The van der Waals surface area contributed by atoms with Gasteiger partial charge in [0, 0.05) is 23.0 Å². The molecule has 154 valence electrons. The molecule has 1 amide bonds. The zero-order chi connectivity index (χ0) is 21.3. The maximum Gasteiger partial charge on any atom is 0.262 e. The number of benzene rings is 2. The van der Waals surface area contributed by atoms with E-state index in [2.05, 4.69) is 10.3 Å². The third kappa shape index (κ3) is 3.55. The van der Waals surface area contributed by atoms with Gasteiger partial charge in [0.1, 0.15) is 11.5 Å². The van der Waals surface area contributed by atoms with Crippen molar-refractivity contribution in [2.75, 3.05) is 23.9 Å². The molecule has 0 fully saturated rings. The molecule has 2 aromatic carbocycles. The van der Waals surface area contributed by atoms with E-state index >= 15 is 0 Å². The molecule has 2 heterocycles. The Morgan fingerprint density at radius 3 is 2.67 bits per heavy atom. The number of nitrogens with zero attached hydrogens (tertiary/aromatic N) is 2. The average Bonchev–Trinajstić information content (AvgIpc) is 3.03. The minimum Gasteiger partial charge on any atom is -0.495 e. The van der Waals surface area contributed by atoms with E-state index in [4.69, 9.17) is 21.1 Å². The number of carbonyl (C=O) groups excluding carboxylic acids is 1. The summed E-state index contributed by atoms with van der Waals surface area (Å²) in [6.45, 7) is 4.43. The summed E-state index contributed by atoms with van der Waals surface area (Å²) in [6.07, 6.45) is 1.19. The molecule has 0 aliphatic carbocycles. The van der Waals surface area contributed by atoms with Gasteiger partial charge in [0.25, 0.3) is 5.91 Å². The summed E-state index contributed by atoms with van der Waals surface area (Å²) in [6, 6.07) is 14.7. The predicted molar refractivity (Wildman–Crippen MR) is 118 cm³/mol. The number of nitrogens with one attached hydrogen (secondary N) is 1. The van der Waals surface area contributed by atoms with Crippen molar-refractivity contribution in [3.8, 4) is 11.5 Å². The molecule has 1 aliphatic heterocycles. The molecule has 30 heavy (non-hydrogen) atoms. The fraction of sp³-hybridized carbons (Fsp3) is 0.217. The number of carbonyl (C=O) groups is 1. The van der Waals surface area contributed by atoms with Crippen LogP contribution in [0.1, 0.15) is 34.7 Å². The monoisotopic (exact) mass is 423 g/mol. The van der Waals surface area contributed by atoms with E-state index in [1.165, 1.54) is 0 Å². The Morgan fingerprint density at radius 2 is 1.97 bits per heavy atom. The van der Waals surface area contributed by atoms with Gasteiger partial charge in [0.15, 0.2) is 6.17 Å². The van der Waals surface area contributed by atoms with Gasteiger partial charge in [-0.1, -0.05) is 11.6 Å². The first kappa shape index (κ1) is 20.0. The number of ether oxygens (including phenoxy) is 2. The number of pyridine rings is 1. The number of rotatable bonds is 6. The van der Waals surface area contributed by atoms with Crippen LogP contribution >= 0.6 is 11.6 Å². The number of anilines is 2. The van der Waals surface area contributed by atoms with Gasteiger partial charge in [-0.05, 0) is 61.9 Å². The number of hydrogen-bond acceptors (Lipinski definition) is 5. The van der Waals surface area contributed by atoms with Crippen LogP contribution in [0.5, 0.6) is 11.5 Å². The van der Waals surface area contributed by atoms with Crippen LogP contribution in [-0.2, 0) is 0 Å². The quantitative estimate of drug-likeness (QED) is 0.588. The Morgan fingerprint density at radius 1 is 1.20 bits per heavy atom. The Bertz CT molecular complexity index is 1090. The molecule has 0 radical (unpaired) electrons. The Labute approximate surface area is 180 Å². The van der Waals surface area contributed by atoms with E-state index in [9.17, 15) is 4.79 Å². The summed E-state index contributed by atoms with van der Waals surface area (Å²) in [5, 5.41) is 4.04. The molecule has 4 rings (SSSR count). The van der Waals surface area contributed by atoms with Crippen molar-refractivity contribution in [3.05, 3.63) is 76.6 Å². The lowest BCUT2D eigenvalue weighted by Crippen LogP contribution is -2.32. The molecule has 0 spiro atoms. The summed E-state index contributed by atoms with van der Waals surface area (Å²) >= 11 is 6.25. The summed E-state index contributed by atoms with van der Waals surface area (Å²) < 4.78 is 11.0. The van der Waals surface area contributed by atoms with E-state index in [1.54, 1.807) is 36.4 Å². The van der Waals surface area contributed by atoms with Crippen molar-refractivity contribution >= 4 is 28.9 Å². The second kappa shape index (κ2) is 8.24. The Kier molecular flexibility index (Phi) is 5.50. The van der Waals surface area contributed by atoms with E-state index in [1.807, 2.05) is 44.2 Å². The minimum atomic E-state index is -0.499. The van der Waals surface area contributed by atoms with Crippen LogP contribution in [0.25, 0.3) is 0 Å². The van der Waals surface area contributed by atoms with Crippen molar-refractivity contribution in [2.24, 2.45) is 0 Å². The van der Waals surface area contributed by atoms with Gasteiger partial charge in [-0.2, -0.15) is 0 Å². The lowest BCUT2D eigenvalue weighted by Gasteiger charge is -2.27. The fourth-order valence-corrected chi connectivity index (χ4v) is 3.70. The fourth-order valence-electron chi connectivity index (χ4n) is 3.55. The maximum atomic E-state index is 13.2. The van der Waals surface area contributed by atoms with Crippen LogP contribution in [0, 0.1) is 6.92 Å². The highest BCUT2D eigenvalue weighted by molar-refractivity contribution is 6.31. The van der Waals surface area contributed by atoms with E-state index in [-0.39, 0.29) is 5.91 Å². The van der Waals surface area contributed by atoms with Crippen LogP contribution < -0.4 is 19.7 Å². The first-order chi connectivity index (χ1) is 14.5. The molecule has 1 aromatic heterocycles. The van der Waals surface area contributed by atoms with E-state index in [0.29, 0.717) is 28.6 Å². The number of methoxy groups -OCH3 is 1. The Hall–Kier alpha value is -3.25. The number of aryl methyl sites for hydroxylation is 1. The van der Waals surface area contributed by atoms with Gasteiger partial charge < -0.3 is 14.8 Å². The minimum absolute atomic E-state index is 0.121. The molecule has 7 heteroatoms. The van der Waals surface area contributed by atoms with Crippen molar-refractivity contribution in [1.29, 1.82) is 0 Å². The number of hydrogen-bond donors (Lipinski definition) is 1. The van der Waals surface area contributed by atoms with Crippen LogP contribution in [0.4, 0.5) is 11.4 Å². The van der Waals surface area contributed by atoms with Crippen molar-refractivity contribution < 1.29 is 14.3 Å². The number of halogens is 1. The van der Waals surface area contributed by atoms with Crippen LogP contribution in [0.2, 0.25) is 5.02 Å². The lowest BCUT2D eigenvalue weighted by molar-refractivity contribution is 0.0993. The number of aromatic nitrogens is 1. The van der Waals surface area contributed by atoms with Crippen molar-refractivity contribution in [3.63, 3.8) is 0 Å². The molecule has 6 nitrogen and oxygen atoms in total. The van der Waals surface area contributed by atoms with Gasteiger partial charge in [-0.25, -0.2) is 0 Å². The third-order valence-corrected chi connectivity index (χ3v) is 5.41.